The van der Waals surface area contributed by atoms with Crippen molar-refractivity contribution in [3.63, 3.8) is 0 Å². The summed E-state index contributed by atoms with van der Waals surface area (Å²) in [5.74, 6) is 0.729. The number of carbonyl (C=O) groups excluding carboxylic acids is 1. The zero-order chi connectivity index (χ0) is 19.7. The van der Waals surface area contributed by atoms with E-state index in [2.05, 4.69) is 27.2 Å². The van der Waals surface area contributed by atoms with Gasteiger partial charge in [-0.25, -0.2) is 9.97 Å². The third-order valence-electron chi connectivity index (χ3n) is 5.03. The Morgan fingerprint density at radius 2 is 2.36 bits per heavy atom. The fourth-order valence-corrected chi connectivity index (χ4v) is 3.85. The zero-order valence-corrected chi connectivity index (χ0v) is 15.9. The Balaban J connectivity index is 1.67. The number of fused-ring (bicyclic) bond motifs is 1. The van der Waals surface area contributed by atoms with Crippen LogP contribution in [0.1, 0.15) is 25.5 Å². The molecule has 144 valence electrons. The quantitative estimate of drug-likeness (QED) is 0.722. The molecule has 1 aliphatic rings. The van der Waals surface area contributed by atoms with Crippen molar-refractivity contribution in [3.8, 4) is 17.5 Å². The first-order chi connectivity index (χ1) is 13.5. The number of rotatable bonds is 4. The Labute approximate surface area is 162 Å². The highest BCUT2D eigenvalue weighted by atomic mass is 16.3. The lowest BCUT2D eigenvalue weighted by atomic mass is 9.95. The van der Waals surface area contributed by atoms with Crippen LogP contribution in [-0.4, -0.2) is 44.9 Å². The minimum absolute atomic E-state index is 0.0571. The van der Waals surface area contributed by atoms with Crippen LogP contribution in [0.4, 0.5) is 5.69 Å². The molecule has 0 saturated carbocycles. The second-order valence-corrected chi connectivity index (χ2v) is 7.40. The van der Waals surface area contributed by atoms with E-state index in [1.54, 1.807) is 17.4 Å². The molecule has 1 fully saturated rings. The molecular weight excluding hydrogens is 356 g/mol. The third-order valence-corrected chi connectivity index (χ3v) is 5.03. The summed E-state index contributed by atoms with van der Waals surface area (Å²) in [4.78, 5) is 26.1. The minimum atomic E-state index is -0.120. The number of nitrogens with one attached hydrogen (secondary N) is 2. The predicted octanol–water partition coefficient (Wildman–Crippen LogP) is 3.09. The van der Waals surface area contributed by atoms with Gasteiger partial charge in [0.05, 0.1) is 23.0 Å². The molecule has 4 heterocycles. The first kappa shape index (κ1) is 18.0. The highest BCUT2D eigenvalue weighted by Crippen LogP contribution is 2.34. The van der Waals surface area contributed by atoms with E-state index >= 15 is 0 Å². The highest BCUT2D eigenvalue weighted by Gasteiger charge is 2.29. The van der Waals surface area contributed by atoms with Crippen molar-refractivity contribution < 1.29 is 9.21 Å². The van der Waals surface area contributed by atoms with Gasteiger partial charge >= 0.3 is 0 Å². The van der Waals surface area contributed by atoms with Gasteiger partial charge in [-0.05, 0) is 25.3 Å². The summed E-state index contributed by atoms with van der Waals surface area (Å²) in [7, 11) is 0. The summed E-state index contributed by atoms with van der Waals surface area (Å²) in [6.07, 6.45) is 6.05. The molecule has 1 aliphatic heterocycles. The van der Waals surface area contributed by atoms with Crippen molar-refractivity contribution in [2.24, 2.45) is 5.92 Å². The van der Waals surface area contributed by atoms with E-state index in [4.69, 9.17) is 9.68 Å². The van der Waals surface area contributed by atoms with Crippen molar-refractivity contribution in [2.45, 2.75) is 32.7 Å². The number of aromatic amines is 1. The lowest BCUT2D eigenvalue weighted by Crippen LogP contribution is -2.48. The standard InChI is InChI=1S/C20H22N6O2/c1-12-7-14(10-26(9-12)17(27)3-5-21)25-18-15-4-6-22-19(15)23-8-16(18)20-24-13(2)11-28-20/h4,6,8,11-12,14H,3,7,9-10H2,1-2H3,(H2,22,23,25)/t12-,14+/m0/s1. The summed E-state index contributed by atoms with van der Waals surface area (Å²) in [6, 6.07) is 3.98. The smallest absolute Gasteiger partial charge is 0.236 e. The van der Waals surface area contributed by atoms with Crippen molar-refractivity contribution in [2.75, 3.05) is 18.4 Å². The number of nitriles is 1. The molecule has 1 amide bonds. The number of amides is 1. The number of pyridine rings is 1. The number of hydrogen-bond donors (Lipinski definition) is 2. The number of aromatic nitrogens is 3. The predicted molar refractivity (Wildman–Crippen MR) is 104 cm³/mol. The lowest BCUT2D eigenvalue weighted by Gasteiger charge is -2.37. The molecule has 2 atom stereocenters. The van der Waals surface area contributed by atoms with E-state index in [-0.39, 0.29) is 18.4 Å². The highest BCUT2D eigenvalue weighted by molar-refractivity contribution is 5.97. The summed E-state index contributed by atoms with van der Waals surface area (Å²) < 4.78 is 5.62. The number of hydrogen-bond acceptors (Lipinski definition) is 6. The van der Waals surface area contributed by atoms with Crippen LogP contribution < -0.4 is 5.32 Å². The molecule has 0 radical (unpaired) electrons. The van der Waals surface area contributed by atoms with E-state index < -0.39 is 0 Å². The Hall–Kier alpha value is -3.34. The minimum Gasteiger partial charge on any atom is -0.444 e. The molecule has 28 heavy (non-hydrogen) atoms. The maximum atomic E-state index is 12.2. The molecule has 8 nitrogen and oxygen atoms in total. The van der Waals surface area contributed by atoms with Gasteiger partial charge in [-0.2, -0.15) is 5.26 Å². The number of likely N-dealkylation sites (tertiary alicyclic amines) is 1. The fraction of sp³-hybridized carbons (Fsp3) is 0.400. The van der Waals surface area contributed by atoms with Gasteiger partial charge in [0, 0.05) is 36.9 Å². The van der Waals surface area contributed by atoms with E-state index in [9.17, 15) is 4.79 Å². The number of piperidine rings is 1. The fourth-order valence-electron chi connectivity index (χ4n) is 3.85. The molecule has 0 aliphatic carbocycles. The van der Waals surface area contributed by atoms with Crippen LogP contribution in [0, 0.1) is 24.2 Å². The van der Waals surface area contributed by atoms with Gasteiger partial charge in [0.1, 0.15) is 18.3 Å². The van der Waals surface area contributed by atoms with Gasteiger partial charge in [-0.1, -0.05) is 6.92 Å². The van der Waals surface area contributed by atoms with Gasteiger partial charge in [0.25, 0.3) is 0 Å². The van der Waals surface area contributed by atoms with E-state index in [1.807, 2.05) is 25.3 Å². The van der Waals surface area contributed by atoms with Gasteiger partial charge in [0.15, 0.2) is 0 Å². The SMILES string of the molecule is Cc1coc(-c2cnc3[nH]ccc3c2N[C@@H]2C[C@H](C)CN(C(=O)CC#N)C2)n1. The Morgan fingerprint density at radius 1 is 1.50 bits per heavy atom. The molecular formula is C20H22N6O2. The zero-order valence-electron chi connectivity index (χ0n) is 15.9. The molecule has 3 aromatic heterocycles. The Bertz CT molecular complexity index is 1050. The van der Waals surface area contributed by atoms with Crippen molar-refractivity contribution in [1.82, 2.24) is 19.9 Å². The van der Waals surface area contributed by atoms with Crippen molar-refractivity contribution >= 4 is 22.6 Å². The van der Waals surface area contributed by atoms with Crippen LogP contribution in [0.2, 0.25) is 0 Å². The molecule has 0 aromatic carbocycles. The van der Waals surface area contributed by atoms with Crippen LogP contribution in [0.25, 0.3) is 22.5 Å². The van der Waals surface area contributed by atoms with Crippen LogP contribution in [0.3, 0.4) is 0 Å². The maximum Gasteiger partial charge on any atom is 0.236 e. The molecule has 0 bridgehead atoms. The van der Waals surface area contributed by atoms with Gasteiger partial charge in [0.2, 0.25) is 11.8 Å². The van der Waals surface area contributed by atoms with Crippen LogP contribution in [0.15, 0.2) is 29.1 Å². The molecule has 3 aromatic rings. The van der Waals surface area contributed by atoms with Crippen LogP contribution in [0.5, 0.6) is 0 Å². The second kappa shape index (κ2) is 7.35. The molecule has 0 spiro atoms. The topological polar surface area (TPSA) is 111 Å². The van der Waals surface area contributed by atoms with E-state index in [0.29, 0.717) is 24.9 Å². The lowest BCUT2D eigenvalue weighted by molar-refractivity contribution is -0.132. The number of H-pyrrole nitrogens is 1. The van der Waals surface area contributed by atoms with Crippen molar-refractivity contribution in [1.29, 1.82) is 5.26 Å². The number of anilines is 1. The largest absolute Gasteiger partial charge is 0.444 e. The molecule has 0 unspecified atom stereocenters. The van der Waals surface area contributed by atoms with Crippen LogP contribution in [-0.2, 0) is 4.79 Å². The number of nitrogens with zero attached hydrogens (tertiary/aromatic N) is 4. The molecule has 2 N–H and O–H groups in total. The van der Waals surface area contributed by atoms with Gasteiger partial charge in [-0.3, -0.25) is 4.79 Å². The molecule has 8 heteroatoms. The average molecular weight is 378 g/mol. The van der Waals surface area contributed by atoms with E-state index in [0.717, 1.165) is 34.4 Å². The Morgan fingerprint density at radius 3 is 3.11 bits per heavy atom. The molecule has 4 rings (SSSR count). The van der Waals surface area contributed by atoms with Crippen molar-refractivity contribution in [3.05, 3.63) is 30.4 Å². The normalized spacial score (nSPS) is 19.5. The number of aryl methyl sites for hydroxylation is 1. The summed E-state index contributed by atoms with van der Waals surface area (Å²) in [6.45, 7) is 5.24. The van der Waals surface area contributed by atoms with Crippen LogP contribution >= 0.6 is 0 Å². The summed E-state index contributed by atoms with van der Waals surface area (Å²) in [5, 5.41) is 13.4. The summed E-state index contributed by atoms with van der Waals surface area (Å²) in [5.41, 5.74) is 3.25. The average Bonchev–Trinajstić information content (AvgIpc) is 3.30. The first-order valence-corrected chi connectivity index (χ1v) is 9.35. The van der Waals surface area contributed by atoms with E-state index in [1.165, 1.54) is 0 Å². The monoisotopic (exact) mass is 378 g/mol. The third kappa shape index (κ3) is 3.43. The summed E-state index contributed by atoms with van der Waals surface area (Å²) >= 11 is 0. The first-order valence-electron chi connectivity index (χ1n) is 9.35. The number of carbonyl (C=O) groups is 1. The number of oxazole rings is 1. The van der Waals surface area contributed by atoms with Gasteiger partial charge in [-0.15, -0.1) is 0 Å². The Kier molecular flexibility index (Phi) is 4.74. The molecule has 1 saturated heterocycles. The maximum absolute atomic E-state index is 12.2. The van der Waals surface area contributed by atoms with Gasteiger partial charge < -0.3 is 19.6 Å². The second-order valence-electron chi connectivity index (χ2n) is 7.40.